The summed E-state index contributed by atoms with van der Waals surface area (Å²) in [5.74, 6) is 1.38. The lowest BCUT2D eigenvalue weighted by Gasteiger charge is -2.12. The largest absolute Gasteiger partial charge is 0.497 e. The van der Waals surface area contributed by atoms with Gasteiger partial charge >= 0.3 is 0 Å². The average molecular weight is 237 g/mol. The lowest BCUT2D eigenvalue weighted by Crippen LogP contribution is -2.31. The third-order valence-electron chi connectivity index (χ3n) is 2.29. The molecule has 0 aliphatic heterocycles. The van der Waals surface area contributed by atoms with Crippen molar-refractivity contribution in [2.45, 2.75) is 26.3 Å². The summed E-state index contributed by atoms with van der Waals surface area (Å²) in [5, 5.41) is 2.85. The fourth-order valence-electron chi connectivity index (χ4n) is 1.54. The molecule has 0 unspecified atom stereocenters. The molecule has 94 valence electrons. The number of nitrogens with one attached hydrogen (secondary N) is 1. The molecule has 0 aliphatic carbocycles. The van der Waals surface area contributed by atoms with Crippen molar-refractivity contribution in [2.75, 3.05) is 14.2 Å². The van der Waals surface area contributed by atoms with E-state index in [0.29, 0.717) is 12.2 Å². The lowest BCUT2D eigenvalue weighted by atomic mass is 10.1. The van der Waals surface area contributed by atoms with Crippen molar-refractivity contribution in [1.29, 1.82) is 0 Å². The highest BCUT2D eigenvalue weighted by atomic mass is 16.5. The van der Waals surface area contributed by atoms with Gasteiger partial charge in [0.25, 0.3) is 0 Å². The smallest absolute Gasteiger partial charge is 0.224 e. The number of hydrogen-bond acceptors (Lipinski definition) is 3. The van der Waals surface area contributed by atoms with Crippen LogP contribution >= 0.6 is 0 Å². The second kappa shape index (κ2) is 6.13. The molecular formula is C13H19NO3. The zero-order valence-corrected chi connectivity index (χ0v) is 10.7. The van der Waals surface area contributed by atoms with Crippen LogP contribution in [0.4, 0.5) is 0 Å². The van der Waals surface area contributed by atoms with Crippen molar-refractivity contribution >= 4 is 5.91 Å². The van der Waals surface area contributed by atoms with E-state index in [1.54, 1.807) is 20.3 Å². The molecular weight excluding hydrogens is 218 g/mol. The van der Waals surface area contributed by atoms with Crippen LogP contribution in [-0.2, 0) is 11.2 Å². The fourth-order valence-corrected chi connectivity index (χ4v) is 1.54. The van der Waals surface area contributed by atoms with Gasteiger partial charge in [0.2, 0.25) is 5.91 Å². The molecule has 0 saturated carbocycles. The zero-order valence-electron chi connectivity index (χ0n) is 10.7. The lowest BCUT2D eigenvalue weighted by molar-refractivity contribution is -0.120. The Balaban J connectivity index is 2.80. The first-order valence-corrected chi connectivity index (χ1v) is 5.57. The van der Waals surface area contributed by atoms with Gasteiger partial charge in [-0.3, -0.25) is 4.79 Å². The van der Waals surface area contributed by atoms with Crippen LogP contribution in [0.15, 0.2) is 18.2 Å². The third kappa shape index (κ3) is 3.98. The minimum Gasteiger partial charge on any atom is -0.497 e. The fraction of sp³-hybridized carbons (Fsp3) is 0.462. The normalized spacial score (nSPS) is 10.2. The molecule has 0 aromatic heterocycles. The van der Waals surface area contributed by atoms with Crippen LogP contribution in [0.5, 0.6) is 11.5 Å². The summed E-state index contributed by atoms with van der Waals surface area (Å²) in [6.07, 6.45) is 0.311. The Bertz CT molecular complexity index is 388. The molecule has 17 heavy (non-hydrogen) atoms. The minimum absolute atomic E-state index is 0.0107. The summed E-state index contributed by atoms with van der Waals surface area (Å²) >= 11 is 0. The first-order chi connectivity index (χ1) is 8.06. The maximum absolute atomic E-state index is 11.6. The maximum atomic E-state index is 11.6. The van der Waals surface area contributed by atoms with E-state index in [9.17, 15) is 4.79 Å². The summed E-state index contributed by atoms with van der Waals surface area (Å²) in [5.41, 5.74) is 0.853. The molecule has 0 bridgehead atoms. The molecule has 0 spiro atoms. The molecule has 4 nitrogen and oxygen atoms in total. The maximum Gasteiger partial charge on any atom is 0.224 e. The van der Waals surface area contributed by atoms with Crippen molar-refractivity contribution in [3.8, 4) is 11.5 Å². The van der Waals surface area contributed by atoms with E-state index in [1.807, 2.05) is 26.0 Å². The second-order valence-corrected chi connectivity index (χ2v) is 4.08. The molecule has 0 saturated heterocycles. The second-order valence-electron chi connectivity index (χ2n) is 4.08. The monoisotopic (exact) mass is 237 g/mol. The van der Waals surface area contributed by atoms with Gasteiger partial charge in [-0.1, -0.05) is 6.07 Å². The predicted molar refractivity (Wildman–Crippen MR) is 66.5 cm³/mol. The number of ether oxygens (including phenoxy) is 2. The Morgan fingerprint density at radius 2 is 2.00 bits per heavy atom. The van der Waals surface area contributed by atoms with E-state index in [0.717, 1.165) is 11.3 Å². The Morgan fingerprint density at radius 3 is 2.53 bits per heavy atom. The highest BCUT2D eigenvalue weighted by molar-refractivity contribution is 5.79. The van der Waals surface area contributed by atoms with Crippen LogP contribution in [0.25, 0.3) is 0 Å². The molecule has 1 aromatic rings. The number of methoxy groups -OCH3 is 2. The van der Waals surface area contributed by atoms with E-state index in [-0.39, 0.29) is 11.9 Å². The van der Waals surface area contributed by atoms with E-state index in [4.69, 9.17) is 9.47 Å². The molecule has 0 aliphatic rings. The molecule has 1 amide bonds. The van der Waals surface area contributed by atoms with E-state index >= 15 is 0 Å². The van der Waals surface area contributed by atoms with Crippen LogP contribution in [0.2, 0.25) is 0 Å². The van der Waals surface area contributed by atoms with E-state index in [2.05, 4.69) is 5.32 Å². The van der Waals surface area contributed by atoms with Gasteiger partial charge in [0.1, 0.15) is 11.5 Å². The quantitative estimate of drug-likeness (QED) is 0.849. The van der Waals surface area contributed by atoms with Gasteiger partial charge in [-0.2, -0.15) is 0 Å². The van der Waals surface area contributed by atoms with Gasteiger partial charge in [0.05, 0.1) is 20.6 Å². The number of benzene rings is 1. The number of rotatable bonds is 5. The minimum atomic E-state index is -0.0107. The zero-order chi connectivity index (χ0) is 12.8. The standard InChI is InChI=1S/C13H19NO3/c1-9(2)14-13(15)7-10-5-6-11(16-3)8-12(10)17-4/h5-6,8-9H,7H2,1-4H3,(H,14,15). The number of amides is 1. The van der Waals surface area contributed by atoms with Gasteiger partial charge in [-0.25, -0.2) is 0 Å². The van der Waals surface area contributed by atoms with Crippen molar-refractivity contribution in [3.63, 3.8) is 0 Å². The van der Waals surface area contributed by atoms with E-state index in [1.165, 1.54) is 0 Å². The van der Waals surface area contributed by atoms with Crippen molar-refractivity contribution < 1.29 is 14.3 Å². The summed E-state index contributed by atoms with van der Waals surface area (Å²) < 4.78 is 10.3. The summed E-state index contributed by atoms with van der Waals surface area (Å²) in [7, 11) is 3.18. The molecule has 1 aromatic carbocycles. The number of hydrogen-bond donors (Lipinski definition) is 1. The molecule has 1 rings (SSSR count). The van der Waals surface area contributed by atoms with Crippen LogP contribution in [-0.4, -0.2) is 26.2 Å². The number of carbonyl (C=O) groups excluding carboxylic acids is 1. The van der Waals surface area contributed by atoms with Gasteiger partial charge < -0.3 is 14.8 Å². The highest BCUT2D eigenvalue weighted by Gasteiger charge is 2.10. The van der Waals surface area contributed by atoms with Crippen molar-refractivity contribution in [2.24, 2.45) is 0 Å². The van der Waals surface area contributed by atoms with Crippen LogP contribution in [0, 0.1) is 0 Å². The Labute approximate surface area is 102 Å². The molecule has 0 radical (unpaired) electrons. The molecule has 1 N–H and O–H groups in total. The Kier molecular flexibility index (Phi) is 4.82. The third-order valence-corrected chi connectivity index (χ3v) is 2.29. The first-order valence-electron chi connectivity index (χ1n) is 5.57. The topological polar surface area (TPSA) is 47.6 Å². The van der Waals surface area contributed by atoms with Gasteiger partial charge in [-0.15, -0.1) is 0 Å². The number of carbonyl (C=O) groups is 1. The summed E-state index contributed by atoms with van der Waals surface area (Å²) in [4.78, 5) is 11.6. The SMILES string of the molecule is COc1ccc(CC(=O)NC(C)C)c(OC)c1. The Hall–Kier alpha value is -1.71. The molecule has 0 fully saturated rings. The Morgan fingerprint density at radius 1 is 1.29 bits per heavy atom. The van der Waals surface area contributed by atoms with Crippen molar-refractivity contribution in [3.05, 3.63) is 23.8 Å². The average Bonchev–Trinajstić information content (AvgIpc) is 2.28. The molecule has 0 heterocycles. The predicted octanol–water partition coefficient (Wildman–Crippen LogP) is 1.77. The van der Waals surface area contributed by atoms with E-state index < -0.39 is 0 Å². The van der Waals surface area contributed by atoms with Crippen LogP contribution in [0.1, 0.15) is 19.4 Å². The van der Waals surface area contributed by atoms with Crippen molar-refractivity contribution in [1.82, 2.24) is 5.32 Å². The molecule has 4 heteroatoms. The summed E-state index contributed by atoms with van der Waals surface area (Å²) in [6.45, 7) is 3.87. The highest BCUT2D eigenvalue weighted by Crippen LogP contribution is 2.24. The van der Waals surface area contributed by atoms with Crippen LogP contribution < -0.4 is 14.8 Å². The summed E-state index contributed by atoms with van der Waals surface area (Å²) in [6, 6.07) is 5.59. The van der Waals surface area contributed by atoms with Gasteiger partial charge in [-0.05, 0) is 19.9 Å². The van der Waals surface area contributed by atoms with Gasteiger partial charge in [0, 0.05) is 17.7 Å². The van der Waals surface area contributed by atoms with Crippen LogP contribution in [0.3, 0.4) is 0 Å². The molecule has 0 atom stereocenters. The van der Waals surface area contributed by atoms with Gasteiger partial charge in [0.15, 0.2) is 0 Å². The first kappa shape index (κ1) is 13.4.